The highest BCUT2D eigenvalue weighted by Crippen LogP contribution is 2.22. The van der Waals surface area contributed by atoms with Gasteiger partial charge in [-0.3, -0.25) is 9.69 Å². The number of hydrogen-bond acceptors (Lipinski definition) is 5. The Morgan fingerprint density at radius 1 is 1.28 bits per heavy atom. The molecule has 6 heteroatoms. The standard InChI is InChI=1S/C19H28N4O2/c1-7-8-16-20-19(25-22-16)15(5)23(6)11-17(24)21-18-13(3)9-12(2)10-14(18)4/h9-10,15H,7-8,11H2,1-6H3,(H,21,24). The number of benzene rings is 1. The predicted molar refractivity (Wildman–Crippen MR) is 98.6 cm³/mol. The lowest BCUT2D eigenvalue weighted by atomic mass is 10.1. The summed E-state index contributed by atoms with van der Waals surface area (Å²) in [5, 5.41) is 7.00. The van der Waals surface area contributed by atoms with Gasteiger partial charge in [-0.2, -0.15) is 4.98 Å². The molecule has 136 valence electrons. The second-order valence-electron chi connectivity index (χ2n) is 6.71. The molecule has 0 aliphatic heterocycles. The molecule has 0 aliphatic carbocycles. The van der Waals surface area contributed by atoms with Crippen LogP contribution < -0.4 is 5.32 Å². The molecule has 1 unspecified atom stereocenters. The number of amides is 1. The van der Waals surface area contributed by atoms with Crippen LogP contribution in [0.25, 0.3) is 0 Å². The van der Waals surface area contributed by atoms with Gasteiger partial charge < -0.3 is 9.84 Å². The van der Waals surface area contributed by atoms with Crippen molar-refractivity contribution in [2.75, 3.05) is 18.9 Å². The molecule has 1 aromatic heterocycles. The molecule has 1 amide bonds. The summed E-state index contributed by atoms with van der Waals surface area (Å²) in [4.78, 5) is 18.7. The molecule has 2 aromatic rings. The summed E-state index contributed by atoms with van der Waals surface area (Å²) >= 11 is 0. The van der Waals surface area contributed by atoms with E-state index in [9.17, 15) is 4.79 Å². The summed E-state index contributed by atoms with van der Waals surface area (Å²) in [7, 11) is 1.88. The first-order chi connectivity index (χ1) is 11.8. The van der Waals surface area contributed by atoms with Crippen molar-refractivity contribution in [3.05, 3.63) is 40.5 Å². The monoisotopic (exact) mass is 344 g/mol. The van der Waals surface area contributed by atoms with Gasteiger partial charge in [0.2, 0.25) is 11.8 Å². The molecule has 6 nitrogen and oxygen atoms in total. The quantitative estimate of drug-likeness (QED) is 0.831. The van der Waals surface area contributed by atoms with E-state index in [0.29, 0.717) is 11.7 Å². The molecule has 0 radical (unpaired) electrons. The maximum Gasteiger partial charge on any atom is 0.243 e. The van der Waals surface area contributed by atoms with E-state index in [2.05, 4.69) is 41.4 Å². The van der Waals surface area contributed by atoms with E-state index < -0.39 is 0 Å². The third kappa shape index (κ3) is 4.89. The molecule has 0 saturated carbocycles. The smallest absolute Gasteiger partial charge is 0.243 e. The van der Waals surface area contributed by atoms with Gasteiger partial charge in [-0.1, -0.05) is 29.8 Å². The summed E-state index contributed by atoms with van der Waals surface area (Å²) < 4.78 is 5.32. The second kappa shape index (κ2) is 8.25. The lowest BCUT2D eigenvalue weighted by Crippen LogP contribution is -2.32. The number of hydrogen-bond donors (Lipinski definition) is 1. The van der Waals surface area contributed by atoms with Crippen LogP contribution in [0, 0.1) is 20.8 Å². The van der Waals surface area contributed by atoms with E-state index >= 15 is 0 Å². The third-order valence-electron chi connectivity index (χ3n) is 4.31. The number of nitrogens with zero attached hydrogens (tertiary/aromatic N) is 3. The lowest BCUT2D eigenvalue weighted by molar-refractivity contribution is -0.117. The van der Waals surface area contributed by atoms with Gasteiger partial charge in [-0.15, -0.1) is 0 Å². The molecular weight excluding hydrogens is 316 g/mol. The van der Waals surface area contributed by atoms with Crippen LogP contribution in [0.1, 0.15) is 54.7 Å². The van der Waals surface area contributed by atoms with Crippen LogP contribution in [0.5, 0.6) is 0 Å². The fourth-order valence-corrected chi connectivity index (χ4v) is 2.87. The van der Waals surface area contributed by atoms with E-state index in [1.54, 1.807) is 0 Å². The Bertz CT molecular complexity index is 716. The first-order valence-electron chi connectivity index (χ1n) is 8.72. The zero-order valence-corrected chi connectivity index (χ0v) is 16.0. The van der Waals surface area contributed by atoms with Crippen LogP contribution in [0.3, 0.4) is 0 Å². The number of aromatic nitrogens is 2. The highest BCUT2D eigenvalue weighted by Gasteiger charge is 2.21. The van der Waals surface area contributed by atoms with Crippen molar-refractivity contribution in [3.63, 3.8) is 0 Å². The van der Waals surface area contributed by atoms with E-state index in [0.717, 1.165) is 29.7 Å². The van der Waals surface area contributed by atoms with Gasteiger partial charge in [0.15, 0.2) is 5.82 Å². The highest BCUT2D eigenvalue weighted by atomic mass is 16.5. The second-order valence-corrected chi connectivity index (χ2v) is 6.71. The molecule has 0 spiro atoms. The highest BCUT2D eigenvalue weighted by molar-refractivity contribution is 5.93. The summed E-state index contributed by atoms with van der Waals surface area (Å²) in [6.45, 7) is 10.4. The largest absolute Gasteiger partial charge is 0.338 e. The van der Waals surface area contributed by atoms with Crippen molar-refractivity contribution in [2.24, 2.45) is 0 Å². The van der Waals surface area contributed by atoms with Crippen LogP contribution in [0.2, 0.25) is 0 Å². The van der Waals surface area contributed by atoms with Crippen molar-refractivity contribution >= 4 is 11.6 Å². The van der Waals surface area contributed by atoms with Crippen molar-refractivity contribution < 1.29 is 9.32 Å². The Morgan fingerprint density at radius 2 is 1.92 bits per heavy atom. The third-order valence-corrected chi connectivity index (χ3v) is 4.31. The zero-order valence-electron chi connectivity index (χ0n) is 16.0. The number of carbonyl (C=O) groups is 1. The molecule has 1 aromatic carbocycles. The minimum atomic E-state index is -0.121. The SMILES string of the molecule is CCCc1noc(C(C)N(C)CC(=O)Nc2c(C)cc(C)cc2C)n1. The number of aryl methyl sites for hydroxylation is 4. The van der Waals surface area contributed by atoms with E-state index in [1.807, 2.05) is 32.7 Å². The molecule has 0 bridgehead atoms. The fourth-order valence-electron chi connectivity index (χ4n) is 2.87. The number of rotatable bonds is 7. The Labute approximate surface area is 149 Å². The van der Waals surface area contributed by atoms with Gasteiger partial charge in [0.05, 0.1) is 12.6 Å². The summed E-state index contributed by atoms with van der Waals surface area (Å²) in [6.07, 6.45) is 1.77. The van der Waals surface area contributed by atoms with Crippen LogP contribution in [0.4, 0.5) is 5.69 Å². The van der Waals surface area contributed by atoms with Gasteiger partial charge in [0.1, 0.15) is 0 Å². The summed E-state index contributed by atoms with van der Waals surface area (Å²) in [6, 6.07) is 4.02. The Kier molecular flexibility index (Phi) is 6.31. The maximum atomic E-state index is 12.4. The fraction of sp³-hybridized carbons (Fsp3) is 0.526. The van der Waals surface area contributed by atoms with Gasteiger partial charge in [0.25, 0.3) is 0 Å². The van der Waals surface area contributed by atoms with Gasteiger partial charge in [-0.25, -0.2) is 0 Å². The maximum absolute atomic E-state index is 12.4. The molecular formula is C19H28N4O2. The molecule has 1 atom stereocenters. The molecule has 1 N–H and O–H groups in total. The summed E-state index contributed by atoms with van der Waals surface area (Å²) in [5.41, 5.74) is 4.23. The molecule has 1 heterocycles. The number of nitrogens with one attached hydrogen (secondary N) is 1. The molecule has 0 aliphatic rings. The van der Waals surface area contributed by atoms with Crippen molar-refractivity contribution in [1.29, 1.82) is 0 Å². The van der Waals surface area contributed by atoms with Crippen molar-refractivity contribution in [1.82, 2.24) is 15.0 Å². The van der Waals surface area contributed by atoms with Crippen LogP contribution in [0.15, 0.2) is 16.7 Å². The molecule has 25 heavy (non-hydrogen) atoms. The topological polar surface area (TPSA) is 71.3 Å². The average molecular weight is 344 g/mol. The number of carbonyl (C=O) groups excluding carboxylic acids is 1. The van der Waals surface area contributed by atoms with Gasteiger partial charge in [0, 0.05) is 12.1 Å². The summed E-state index contributed by atoms with van der Waals surface area (Å²) in [5.74, 6) is 1.20. The minimum Gasteiger partial charge on any atom is -0.338 e. The zero-order chi connectivity index (χ0) is 18.6. The van der Waals surface area contributed by atoms with E-state index in [4.69, 9.17) is 4.52 Å². The lowest BCUT2D eigenvalue weighted by Gasteiger charge is -2.21. The van der Waals surface area contributed by atoms with Gasteiger partial charge in [-0.05, 0) is 52.3 Å². The van der Waals surface area contributed by atoms with E-state index in [1.165, 1.54) is 5.56 Å². The van der Waals surface area contributed by atoms with Gasteiger partial charge >= 0.3 is 0 Å². The first kappa shape index (κ1) is 19.1. The number of anilines is 1. The minimum absolute atomic E-state index is 0.0577. The Hall–Kier alpha value is -2.21. The molecule has 0 fully saturated rings. The normalized spacial score (nSPS) is 12.4. The predicted octanol–water partition coefficient (Wildman–Crippen LogP) is 3.58. The van der Waals surface area contributed by atoms with E-state index in [-0.39, 0.29) is 18.5 Å². The average Bonchev–Trinajstić information content (AvgIpc) is 2.99. The Balaban J connectivity index is 1.99. The number of likely N-dealkylation sites (N-methyl/N-ethyl adjacent to an activating group) is 1. The van der Waals surface area contributed by atoms with Crippen LogP contribution in [-0.4, -0.2) is 34.5 Å². The van der Waals surface area contributed by atoms with Crippen LogP contribution >= 0.6 is 0 Å². The molecule has 0 saturated heterocycles. The first-order valence-corrected chi connectivity index (χ1v) is 8.72. The van der Waals surface area contributed by atoms with Crippen LogP contribution in [-0.2, 0) is 11.2 Å². The molecule has 2 rings (SSSR count). The van der Waals surface area contributed by atoms with Crippen molar-refractivity contribution in [2.45, 2.75) is 53.5 Å². The van der Waals surface area contributed by atoms with Crippen molar-refractivity contribution in [3.8, 4) is 0 Å². The Morgan fingerprint density at radius 3 is 2.52 bits per heavy atom.